The number of nitrogens with zero attached hydrogens (tertiary/aromatic N) is 3. The Bertz CT molecular complexity index is 881. The second-order valence-electron chi connectivity index (χ2n) is 6.25. The number of aliphatic carboxylic acids is 1. The van der Waals surface area contributed by atoms with E-state index in [1.54, 1.807) is 41.8 Å². The summed E-state index contributed by atoms with van der Waals surface area (Å²) in [6.07, 6.45) is 6.66. The first-order valence-electron chi connectivity index (χ1n) is 8.66. The normalized spacial score (nSPS) is 12.0. The van der Waals surface area contributed by atoms with Crippen LogP contribution in [0.15, 0.2) is 67.3 Å². The third kappa shape index (κ3) is 4.69. The smallest absolute Gasteiger partial charge is 0.325 e. The highest BCUT2D eigenvalue weighted by atomic mass is 19.1. The summed E-state index contributed by atoms with van der Waals surface area (Å²) in [7, 11) is 1.43. The summed E-state index contributed by atoms with van der Waals surface area (Å²) in [5, 5.41) is 10.0. The number of aromatic nitrogens is 2. The largest absolute Gasteiger partial charge is 0.496 e. The summed E-state index contributed by atoms with van der Waals surface area (Å²) in [4.78, 5) is 22.2. The van der Waals surface area contributed by atoms with Gasteiger partial charge in [-0.05, 0) is 41.5 Å². The molecule has 6 nitrogen and oxygen atoms in total. The zero-order chi connectivity index (χ0) is 19.9. The van der Waals surface area contributed by atoms with Gasteiger partial charge in [-0.2, -0.15) is 0 Å². The van der Waals surface area contributed by atoms with Gasteiger partial charge < -0.3 is 9.84 Å². The van der Waals surface area contributed by atoms with Crippen molar-refractivity contribution in [3.8, 4) is 5.75 Å². The van der Waals surface area contributed by atoms with Crippen molar-refractivity contribution in [3.05, 3.63) is 89.8 Å². The van der Waals surface area contributed by atoms with Crippen LogP contribution in [0.3, 0.4) is 0 Å². The second kappa shape index (κ2) is 9.05. The first-order chi connectivity index (χ1) is 13.6. The average Bonchev–Trinajstić information content (AvgIpc) is 2.69. The number of hydrogen-bond acceptors (Lipinski definition) is 5. The maximum Gasteiger partial charge on any atom is 0.325 e. The van der Waals surface area contributed by atoms with Gasteiger partial charge in [0.15, 0.2) is 0 Å². The number of halogens is 1. The Morgan fingerprint density at radius 3 is 2.18 bits per heavy atom. The number of carboxylic acids is 1. The van der Waals surface area contributed by atoms with Crippen molar-refractivity contribution in [1.29, 1.82) is 0 Å². The van der Waals surface area contributed by atoms with Gasteiger partial charge in [0.05, 0.1) is 7.11 Å². The van der Waals surface area contributed by atoms with Gasteiger partial charge in [-0.1, -0.05) is 12.1 Å². The van der Waals surface area contributed by atoms with E-state index in [9.17, 15) is 14.3 Å². The summed E-state index contributed by atoms with van der Waals surface area (Å²) >= 11 is 0. The van der Waals surface area contributed by atoms with Crippen molar-refractivity contribution in [2.24, 2.45) is 0 Å². The van der Waals surface area contributed by atoms with Crippen LogP contribution in [0.2, 0.25) is 0 Å². The number of carboxylic acid groups (broad SMARTS) is 1. The molecule has 3 aromatic rings. The molecule has 0 radical (unpaired) electrons. The van der Waals surface area contributed by atoms with E-state index < -0.39 is 17.8 Å². The second-order valence-corrected chi connectivity index (χ2v) is 6.25. The van der Waals surface area contributed by atoms with Crippen molar-refractivity contribution in [2.75, 3.05) is 7.11 Å². The SMILES string of the molecule is COc1ccc(F)cc1C(C(=O)O)N(Cc1cccnc1)Cc1cccnc1. The van der Waals surface area contributed by atoms with Crippen LogP contribution < -0.4 is 4.74 Å². The van der Waals surface area contributed by atoms with Crippen molar-refractivity contribution < 1.29 is 19.0 Å². The molecule has 0 saturated heterocycles. The number of pyridine rings is 2. The quantitative estimate of drug-likeness (QED) is 0.644. The highest BCUT2D eigenvalue weighted by molar-refractivity contribution is 5.76. The van der Waals surface area contributed by atoms with Crippen LogP contribution >= 0.6 is 0 Å². The van der Waals surface area contributed by atoms with Crippen LogP contribution in [0.5, 0.6) is 5.75 Å². The Morgan fingerprint density at radius 1 is 1.11 bits per heavy atom. The number of rotatable bonds is 8. The molecule has 2 heterocycles. The summed E-state index contributed by atoms with van der Waals surface area (Å²) in [6, 6.07) is 10.1. The first-order valence-corrected chi connectivity index (χ1v) is 8.66. The molecule has 0 aliphatic carbocycles. The third-order valence-corrected chi connectivity index (χ3v) is 4.30. The minimum absolute atomic E-state index is 0.253. The van der Waals surface area contributed by atoms with Gasteiger partial charge in [-0.15, -0.1) is 0 Å². The van der Waals surface area contributed by atoms with E-state index in [1.807, 2.05) is 12.1 Å². The van der Waals surface area contributed by atoms with Gasteiger partial charge in [0.25, 0.3) is 0 Å². The number of benzene rings is 1. The Balaban J connectivity index is 2.04. The Kier molecular flexibility index (Phi) is 6.29. The Morgan fingerprint density at radius 2 is 1.71 bits per heavy atom. The standard InChI is InChI=1S/C21H20FN3O3/c1-28-19-7-6-17(22)10-18(19)20(21(26)27)25(13-15-4-2-8-23-11-15)14-16-5-3-9-24-12-16/h2-12,20H,13-14H2,1H3,(H,26,27). The lowest BCUT2D eigenvalue weighted by Crippen LogP contribution is -2.34. The fourth-order valence-electron chi connectivity index (χ4n) is 3.10. The van der Waals surface area contributed by atoms with E-state index >= 15 is 0 Å². The average molecular weight is 381 g/mol. The molecule has 7 heteroatoms. The molecular formula is C21H20FN3O3. The lowest BCUT2D eigenvalue weighted by Gasteiger charge is -2.30. The van der Waals surface area contributed by atoms with Gasteiger partial charge in [0.2, 0.25) is 0 Å². The van der Waals surface area contributed by atoms with E-state index in [1.165, 1.54) is 25.3 Å². The molecule has 1 atom stereocenters. The minimum atomic E-state index is -1.12. The van der Waals surface area contributed by atoms with Crippen LogP contribution in [0.1, 0.15) is 22.7 Å². The molecule has 0 amide bonds. The summed E-state index contributed by atoms with van der Waals surface area (Å²) in [5.41, 5.74) is 1.93. The van der Waals surface area contributed by atoms with Crippen LogP contribution in [-0.4, -0.2) is 33.1 Å². The maximum absolute atomic E-state index is 13.9. The van der Waals surface area contributed by atoms with Gasteiger partial charge in [-0.25, -0.2) is 4.39 Å². The summed E-state index contributed by atoms with van der Waals surface area (Å²) < 4.78 is 19.2. The monoisotopic (exact) mass is 381 g/mol. The number of methoxy groups -OCH3 is 1. The number of ether oxygens (including phenoxy) is 1. The Labute approximate surface area is 162 Å². The van der Waals surface area contributed by atoms with Crippen molar-refractivity contribution >= 4 is 5.97 Å². The number of carbonyl (C=O) groups is 1. The van der Waals surface area contributed by atoms with E-state index in [4.69, 9.17) is 4.74 Å². The molecule has 0 aliphatic heterocycles. The molecule has 144 valence electrons. The van der Waals surface area contributed by atoms with Crippen molar-refractivity contribution in [1.82, 2.24) is 14.9 Å². The molecule has 0 aliphatic rings. The molecule has 1 aromatic carbocycles. The Hall–Kier alpha value is -3.32. The highest BCUT2D eigenvalue weighted by Gasteiger charge is 2.31. The van der Waals surface area contributed by atoms with Gasteiger partial charge >= 0.3 is 5.97 Å². The zero-order valence-corrected chi connectivity index (χ0v) is 15.3. The first kappa shape index (κ1) is 19.4. The predicted molar refractivity (Wildman–Crippen MR) is 101 cm³/mol. The number of hydrogen-bond donors (Lipinski definition) is 1. The predicted octanol–water partition coefficient (Wildman–Crippen LogP) is 3.45. The molecule has 3 rings (SSSR count). The molecule has 1 N–H and O–H groups in total. The highest BCUT2D eigenvalue weighted by Crippen LogP contribution is 2.32. The van der Waals surface area contributed by atoms with Crippen LogP contribution in [0.4, 0.5) is 4.39 Å². The molecule has 0 bridgehead atoms. The lowest BCUT2D eigenvalue weighted by molar-refractivity contribution is -0.144. The molecule has 28 heavy (non-hydrogen) atoms. The molecule has 1 unspecified atom stereocenters. The maximum atomic E-state index is 13.9. The zero-order valence-electron chi connectivity index (χ0n) is 15.3. The molecule has 0 fully saturated rings. The summed E-state index contributed by atoms with van der Waals surface area (Å²) in [6.45, 7) is 0.610. The minimum Gasteiger partial charge on any atom is -0.496 e. The topological polar surface area (TPSA) is 75.6 Å². The van der Waals surface area contributed by atoms with E-state index in [-0.39, 0.29) is 5.56 Å². The van der Waals surface area contributed by atoms with Crippen LogP contribution in [-0.2, 0) is 17.9 Å². The fraction of sp³-hybridized carbons (Fsp3) is 0.190. The van der Waals surface area contributed by atoms with Gasteiger partial charge in [0.1, 0.15) is 17.6 Å². The molecular weight excluding hydrogens is 361 g/mol. The van der Waals surface area contributed by atoms with Crippen LogP contribution in [0.25, 0.3) is 0 Å². The van der Waals surface area contributed by atoms with Crippen molar-refractivity contribution in [3.63, 3.8) is 0 Å². The lowest BCUT2D eigenvalue weighted by atomic mass is 10.0. The van der Waals surface area contributed by atoms with Gasteiger partial charge in [-0.3, -0.25) is 19.7 Å². The van der Waals surface area contributed by atoms with E-state index in [0.29, 0.717) is 18.8 Å². The van der Waals surface area contributed by atoms with Crippen molar-refractivity contribution in [2.45, 2.75) is 19.1 Å². The molecule has 0 saturated carbocycles. The fourth-order valence-corrected chi connectivity index (χ4v) is 3.10. The van der Waals surface area contributed by atoms with Gasteiger partial charge in [0, 0.05) is 43.4 Å². The van der Waals surface area contributed by atoms with E-state index in [0.717, 1.165) is 11.1 Å². The summed E-state index contributed by atoms with van der Waals surface area (Å²) in [5.74, 6) is -1.31. The molecule has 2 aromatic heterocycles. The molecule has 0 spiro atoms. The van der Waals surface area contributed by atoms with Crippen LogP contribution in [0, 0.1) is 5.82 Å². The third-order valence-electron chi connectivity index (χ3n) is 4.30. The van der Waals surface area contributed by atoms with E-state index in [2.05, 4.69) is 9.97 Å².